The number of nitrogens with one attached hydrogen (secondary N) is 2. The zero-order valence-corrected chi connectivity index (χ0v) is 8.96. The minimum absolute atomic E-state index is 0.255. The van der Waals surface area contributed by atoms with Crippen molar-refractivity contribution in [2.75, 3.05) is 12.4 Å². The second kappa shape index (κ2) is 4.70. The molecule has 2 aromatic rings. The summed E-state index contributed by atoms with van der Waals surface area (Å²) >= 11 is 0. The molecule has 0 aliphatic heterocycles. The summed E-state index contributed by atoms with van der Waals surface area (Å²) in [7, 11) is 1.45. The van der Waals surface area contributed by atoms with Crippen LogP contribution >= 0.6 is 0 Å². The molecule has 0 spiro atoms. The lowest BCUT2D eigenvalue weighted by atomic mass is 10.3. The fraction of sp³-hybridized carbons (Fsp3) is 0.167. The molecule has 2 rings (SSSR count). The fourth-order valence-corrected chi connectivity index (χ4v) is 1.45. The first-order valence-corrected chi connectivity index (χ1v) is 4.99. The second-order valence-electron chi connectivity index (χ2n) is 3.40. The lowest BCUT2D eigenvalue weighted by Crippen LogP contribution is -2.00. The van der Waals surface area contributed by atoms with Gasteiger partial charge in [-0.1, -0.05) is 0 Å². The highest BCUT2D eigenvalue weighted by atomic mass is 19.1. The van der Waals surface area contributed by atoms with Crippen molar-refractivity contribution in [3.8, 4) is 5.75 Å². The van der Waals surface area contributed by atoms with Gasteiger partial charge in [-0.3, -0.25) is 0 Å². The van der Waals surface area contributed by atoms with Crippen LogP contribution in [0.1, 0.15) is 5.69 Å². The Hall–Kier alpha value is -1.97. The number of benzene rings is 1. The van der Waals surface area contributed by atoms with E-state index < -0.39 is 0 Å². The molecule has 3 nitrogen and oxygen atoms in total. The van der Waals surface area contributed by atoms with Crippen LogP contribution in [0.2, 0.25) is 0 Å². The SMILES string of the molecule is COc1ccc(NCc2ccc[nH]2)cc1F. The highest BCUT2D eigenvalue weighted by Crippen LogP contribution is 2.20. The van der Waals surface area contributed by atoms with Crippen LogP contribution < -0.4 is 10.1 Å². The molecule has 1 aromatic carbocycles. The van der Waals surface area contributed by atoms with Crippen molar-refractivity contribution >= 4 is 5.69 Å². The molecule has 1 aromatic heterocycles. The number of ether oxygens (including phenoxy) is 1. The van der Waals surface area contributed by atoms with Crippen LogP contribution in [0, 0.1) is 5.82 Å². The van der Waals surface area contributed by atoms with Crippen molar-refractivity contribution in [3.05, 3.63) is 48.0 Å². The molecule has 0 bridgehead atoms. The molecule has 0 unspecified atom stereocenters. The van der Waals surface area contributed by atoms with Crippen molar-refractivity contribution < 1.29 is 9.13 Å². The number of H-pyrrole nitrogens is 1. The van der Waals surface area contributed by atoms with Crippen molar-refractivity contribution in [1.29, 1.82) is 0 Å². The Bertz CT molecular complexity index is 454. The minimum atomic E-state index is -0.362. The van der Waals surface area contributed by atoms with Crippen LogP contribution in [0.15, 0.2) is 36.5 Å². The Morgan fingerprint density at radius 2 is 2.25 bits per heavy atom. The molecule has 0 radical (unpaired) electrons. The molecule has 16 heavy (non-hydrogen) atoms. The highest BCUT2D eigenvalue weighted by Gasteiger charge is 2.02. The number of rotatable bonds is 4. The number of hydrogen-bond acceptors (Lipinski definition) is 2. The number of methoxy groups -OCH3 is 1. The molecule has 4 heteroatoms. The van der Waals surface area contributed by atoms with Crippen molar-refractivity contribution in [3.63, 3.8) is 0 Å². The Balaban J connectivity index is 2.02. The predicted octanol–water partition coefficient (Wildman–Crippen LogP) is 2.77. The van der Waals surface area contributed by atoms with Crippen LogP contribution in [0.5, 0.6) is 5.75 Å². The van der Waals surface area contributed by atoms with Crippen molar-refractivity contribution in [2.45, 2.75) is 6.54 Å². The van der Waals surface area contributed by atoms with E-state index in [9.17, 15) is 4.39 Å². The summed E-state index contributed by atoms with van der Waals surface area (Å²) in [5, 5.41) is 3.11. The van der Waals surface area contributed by atoms with E-state index in [0.29, 0.717) is 6.54 Å². The molecule has 84 valence electrons. The molecule has 0 amide bonds. The smallest absolute Gasteiger partial charge is 0.167 e. The molecule has 0 saturated heterocycles. The van der Waals surface area contributed by atoms with E-state index in [4.69, 9.17) is 4.74 Å². The van der Waals surface area contributed by atoms with Gasteiger partial charge in [-0.25, -0.2) is 4.39 Å². The van der Waals surface area contributed by atoms with Crippen LogP contribution in [-0.2, 0) is 6.54 Å². The molecular weight excluding hydrogens is 207 g/mol. The maximum Gasteiger partial charge on any atom is 0.167 e. The molecule has 1 heterocycles. The zero-order valence-electron chi connectivity index (χ0n) is 8.96. The van der Waals surface area contributed by atoms with E-state index in [2.05, 4.69) is 10.3 Å². The zero-order chi connectivity index (χ0) is 11.4. The lowest BCUT2D eigenvalue weighted by Gasteiger charge is -2.07. The Kier molecular flexibility index (Phi) is 3.10. The van der Waals surface area contributed by atoms with E-state index in [1.165, 1.54) is 13.2 Å². The fourth-order valence-electron chi connectivity index (χ4n) is 1.45. The highest BCUT2D eigenvalue weighted by molar-refractivity contribution is 5.47. The van der Waals surface area contributed by atoms with Gasteiger partial charge in [0.25, 0.3) is 0 Å². The third-order valence-electron chi connectivity index (χ3n) is 2.30. The first kappa shape index (κ1) is 10.5. The molecule has 0 atom stereocenters. The largest absolute Gasteiger partial charge is 0.494 e. The normalized spacial score (nSPS) is 10.1. The van der Waals surface area contributed by atoms with Gasteiger partial charge in [0.15, 0.2) is 11.6 Å². The number of hydrogen-bond donors (Lipinski definition) is 2. The topological polar surface area (TPSA) is 37.0 Å². The van der Waals surface area contributed by atoms with E-state index in [1.54, 1.807) is 12.1 Å². The van der Waals surface area contributed by atoms with E-state index >= 15 is 0 Å². The van der Waals surface area contributed by atoms with Crippen LogP contribution in [-0.4, -0.2) is 12.1 Å². The standard InChI is InChI=1S/C12H13FN2O/c1-16-12-5-4-9(7-11(12)13)15-8-10-3-2-6-14-10/h2-7,14-15H,8H2,1H3. The summed E-state index contributed by atoms with van der Waals surface area (Å²) in [6.45, 7) is 0.638. The van der Waals surface area contributed by atoms with Gasteiger partial charge in [-0.2, -0.15) is 0 Å². The van der Waals surface area contributed by atoms with Gasteiger partial charge in [-0.05, 0) is 24.3 Å². The number of anilines is 1. The Labute approximate surface area is 93.3 Å². The summed E-state index contributed by atoms with van der Waals surface area (Å²) in [6.07, 6.45) is 1.85. The van der Waals surface area contributed by atoms with E-state index in [-0.39, 0.29) is 11.6 Å². The quantitative estimate of drug-likeness (QED) is 0.831. The monoisotopic (exact) mass is 220 g/mol. The van der Waals surface area contributed by atoms with Gasteiger partial charge in [0.2, 0.25) is 0 Å². The van der Waals surface area contributed by atoms with Crippen molar-refractivity contribution in [1.82, 2.24) is 4.98 Å². The molecule has 0 saturated carbocycles. The van der Waals surface area contributed by atoms with Gasteiger partial charge in [0.05, 0.1) is 13.7 Å². The summed E-state index contributed by atoms with van der Waals surface area (Å²) in [6, 6.07) is 8.69. The summed E-state index contributed by atoms with van der Waals surface area (Å²) in [4.78, 5) is 3.06. The first-order valence-electron chi connectivity index (χ1n) is 4.99. The number of halogens is 1. The van der Waals surface area contributed by atoms with Crippen molar-refractivity contribution in [2.24, 2.45) is 0 Å². The average Bonchev–Trinajstić information content (AvgIpc) is 2.79. The number of aromatic amines is 1. The number of aromatic nitrogens is 1. The lowest BCUT2D eigenvalue weighted by molar-refractivity contribution is 0.386. The molecule has 2 N–H and O–H groups in total. The molecule has 0 aliphatic carbocycles. The van der Waals surface area contributed by atoms with Crippen LogP contribution in [0.25, 0.3) is 0 Å². The third kappa shape index (κ3) is 2.34. The molecule has 0 fully saturated rings. The summed E-state index contributed by atoms with van der Waals surface area (Å²) in [5.41, 5.74) is 1.78. The maximum absolute atomic E-state index is 13.3. The third-order valence-corrected chi connectivity index (χ3v) is 2.30. The minimum Gasteiger partial charge on any atom is -0.494 e. The Morgan fingerprint density at radius 1 is 1.38 bits per heavy atom. The Morgan fingerprint density at radius 3 is 2.88 bits per heavy atom. The van der Waals surface area contributed by atoms with E-state index in [1.807, 2.05) is 18.3 Å². The second-order valence-corrected chi connectivity index (χ2v) is 3.40. The average molecular weight is 220 g/mol. The summed E-state index contributed by atoms with van der Waals surface area (Å²) in [5.74, 6) is -0.107. The molecular formula is C12H13FN2O. The van der Waals surface area contributed by atoms with Gasteiger partial charge in [0.1, 0.15) is 0 Å². The summed E-state index contributed by atoms with van der Waals surface area (Å²) < 4.78 is 18.2. The van der Waals surface area contributed by atoms with Gasteiger partial charge in [-0.15, -0.1) is 0 Å². The van der Waals surface area contributed by atoms with Crippen LogP contribution in [0.3, 0.4) is 0 Å². The molecule has 0 aliphatic rings. The predicted molar refractivity (Wildman–Crippen MR) is 61.1 cm³/mol. The van der Waals surface area contributed by atoms with Gasteiger partial charge >= 0.3 is 0 Å². The first-order chi connectivity index (χ1) is 7.79. The maximum atomic E-state index is 13.3. The van der Waals surface area contributed by atoms with E-state index in [0.717, 1.165) is 11.4 Å². The van der Waals surface area contributed by atoms with Crippen LogP contribution in [0.4, 0.5) is 10.1 Å². The van der Waals surface area contributed by atoms with Gasteiger partial charge < -0.3 is 15.0 Å². The van der Waals surface area contributed by atoms with Gasteiger partial charge in [0, 0.05) is 23.6 Å².